The number of rotatable bonds is 24. The maximum absolute atomic E-state index is 15.7. The fourth-order valence-electron chi connectivity index (χ4n) is 16.4. The molecule has 0 unspecified atom stereocenters. The van der Waals surface area contributed by atoms with E-state index in [1.807, 2.05) is 6.92 Å². The number of primary amides is 1. The maximum atomic E-state index is 15.7. The van der Waals surface area contributed by atoms with Crippen molar-refractivity contribution >= 4 is 117 Å². The molecule has 700 valence electrons. The lowest BCUT2D eigenvalue weighted by Crippen LogP contribution is -2.62. The molecule has 3 aliphatic heterocycles. The third-order valence-electron chi connectivity index (χ3n) is 23.6. The van der Waals surface area contributed by atoms with Crippen molar-refractivity contribution in [1.82, 2.24) is 77.3 Å². The number of unbranched alkanes of at least 4 members (excludes halogenated alkanes) is 1. The van der Waals surface area contributed by atoms with E-state index in [1.54, 1.807) is 119 Å². The van der Waals surface area contributed by atoms with Crippen LogP contribution < -0.4 is 59.3 Å². The van der Waals surface area contributed by atoms with Gasteiger partial charge in [-0.05, 0) is 128 Å². The molecule has 1 aromatic heterocycles. The van der Waals surface area contributed by atoms with E-state index in [0.717, 1.165) is 33.7 Å². The van der Waals surface area contributed by atoms with Crippen molar-refractivity contribution in [2.45, 2.75) is 216 Å². The molecule has 3 fully saturated rings. The van der Waals surface area contributed by atoms with Gasteiger partial charge in [0.25, 0.3) is 0 Å². The number of amides is 15. The average molecular weight is 1820 g/mol. The number of aromatic amines is 1. The van der Waals surface area contributed by atoms with Gasteiger partial charge < -0.3 is 99.0 Å². The molecule has 9 rings (SSSR count). The van der Waals surface area contributed by atoms with Gasteiger partial charge in [-0.15, -0.1) is 11.8 Å². The summed E-state index contributed by atoms with van der Waals surface area (Å²) >= 11 is 0.798. The van der Waals surface area contributed by atoms with Crippen LogP contribution in [0, 0.1) is 17.7 Å². The number of halogens is 1. The number of benzene rings is 5. The summed E-state index contributed by atoms with van der Waals surface area (Å²) < 4.78 is 14.6. The Morgan fingerprint density at radius 3 is 1.61 bits per heavy atom. The second-order valence-electron chi connectivity index (χ2n) is 34.1. The van der Waals surface area contributed by atoms with Crippen molar-refractivity contribution in [2.24, 2.45) is 23.3 Å². The Kier molecular flexibility index (Phi) is 37.7. The number of para-hydroxylation sites is 1. The fourth-order valence-corrected chi connectivity index (χ4v) is 17.3. The number of H-pyrrole nitrogens is 1. The van der Waals surface area contributed by atoms with Crippen LogP contribution in [0.2, 0.25) is 0 Å². The smallest absolute Gasteiger partial charge is 0.305 e. The molecule has 130 heavy (non-hydrogen) atoms. The number of carboxylic acids is 1. The third-order valence-corrected chi connectivity index (χ3v) is 24.6. The van der Waals surface area contributed by atoms with Crippen LogP contribution in [0.15, 0.2) is 140 Å². The van der Waals surface area contributed by atoms with Gasteiger partial charge in [0.15, 0.2) is 0 Å². The molecular weight excluding hydrogens is 1690 g/mol. The van der Waals surface area contributed by atoms with Crippen LogP contribution in [0.5, 0.6) is 5.75 Å². The van der Waals surface area contributed by atoms with Crippen molar-refractivity contribution in [3.63, 3.8) is 0 Å². The van der Waals surface area contributed by atoms with Gasteiger partial charge in [0.05, 0.1) is 18.7 Å². The van der Waals surface area contributed by atoms with Crippen LogP contribution in [0.25, 0.3) is 10.9 Å². The fraction of sp³-hybridized carbons (Fsp3) is 0.484. The first-order valence-corrected chi connectivity index (χ1v) is 45.2. The number of hydrogen-bond acceptors (Lipinski definition) is 19. The number of thioether (sulfide) groups is 1. The minimum atomic E-state index is -1.89. The Morgan fingerprint density at radius 1 is 0.515 bits per heavy atom. The number of nitrogens with zero attached hydrogens (tertiary/aromatic N) is 5. The molecule has 35 nitrogen and oxygen atoms in total. The normalized spacial score (nSPS) is 23.9. The summed E-state index contributed by atoms with van der Waals surface area (Å²) in [6.45, 7) is 7.82. The Bertz CT molecular complexity index is 4970. The van der Waals surface area contributed by atoms with Crippen molar-refractivity contribution in [2.75, 3.05) is 58.8 Å². The van der Waals surface area contributed by atoms with Gasteiger partial charge in [0.1, 0.15) is 90.1 Å². The lowest BCUT2D eigenvalue weighted by Gasteiger charge is -2.38. The summed E-state index contributed by atoms with van der Waals surface area (Å²) in [5.41, 5.74) is 14.7. The summed E-state index contributed by atoms with van der Waals surface area (Å²) in [5, 5.41) is 45.8. The number of phenolic OH excluding ortho intramolecular Hbond substituents is 1. The molecule has 13 atom stereocenters. The van der Waals surface area contributed by atoms with E-state index < -0.39 is 209 Å². The zero-order chi connectivity index (χ0) is 94.6. The van der Waals surface area contributed by atoms with Gasteiger partial charge in [-0.3, -0.25) is 76.7 Å². The number of carbonyl (C=O) groups is 16. The molecule has 16 N–H and O–H groups in total. The lowest BCUT2D eigenvalue weighted by atomic mass is 9.98. The number of carbonyl (C=O) groups excluding carboxylic acids is 15. The highest BCUT2D eigenvalue weighted by Gasteiger charge is 2.46. The topological polar surface area (TPSA) is 506 Å². The molecule has 15 amide bonds. The first-order valence-electron chi connectivity index (χ1n) is 44.1. The highest BCUT2D eigenvalue weighted by atomic mass is 32.2. The molecule has 0 radical (unpaired) electrons. The number of aromatic nitrogens is 1. The molecule has 3 saturated heterocycles. The number of nitrogens with one attached hydrogen (secondary N) is 10. The zero-order valence-corrected chi connectivity index (χ0v) is 75.4. The number of likely N-dealkylation sites (N-methyl/N-ethyl adjacent to an activating group) is 3. The third kappa shape index (κ3) is 28.4. The zero-order valence-electron chi connectivity index (χ0n) is 74.6. The molecular formula is C93H122FN17O18S. The summed E-state index contributed by atoms with van der Waals surface area (Å²) in [6.07, 6.45) is 0.992. The number of phenols is 1. The van der Waals surface area contributed by atoms with Crippen LogP contribution in [-0.4, -0.2) is 272 Å². The molecule has 4 heterocycles. The minimum Gasteiger partial charge on any atom is -0.508 e. The van der Waals surface area contributed by atoms with Gasteiger partial charge in [-0.2, -0.15) is 0 Å². The standard InChI is InChI=1S/C93H122FN17O18S/c1-9-10-29-74-92(128)111-42-21-31-73(111)87(123)104-69(49-79(115)116)85(121)106-80(55(4)5)93(129)108(7)75(46-56-22-13-11-14-23-56)88(124)100-65(28-19-40-95)90(126)110-41-20-30-72(110)86(122)103-68(48-60-50-97-64-27-18-17-26-63(60)64)84(120)102-67(44-59-34-38-62(112)39-35-59)83(119)101-66(43-54(2)3)82(118)105-71(81(117)98-51-77(96)113)52-130-53-78(114)99-70(45-58-32-36-61(94)37-33-58)89(125)109(8)76(91(127)107(74)6)47-57-24-15-12-16-25-57/h11-18,22-27,32-39,50,54-55,65-76,80,97,112H,9-10,19-21,28-31,40-49,51-53,95H2,1-8H3,(H2,96,113)(H,98,117)(H,99,114)(H,100,124)(H,101,119)(H,102,120)(H,103,122)(H,104,123)(H,105,118)(H,106,121)(H,115,116)/t65-,66+,67-,68-,69-,70+,71-,72+,73+,74-,75+,76-,80-/m0/s1. The van der Waals surface area contributed by atoms with Crippen molar-refractivity contribution in [3.05, 3.63) is 173 Å². The van der Waals surface area contributed by atoms with Crippen LogP contribution in [0.3, 0.4) is 0 Å². The Labute approximate surface area is 759 Å². The van der Waals surface area contributed by atoms with Crippen LogP contribution >= 0.6 is 11.8 Å². The molecule has 0 spiro atoms. The molecule has 0 bridgehead atoms. The number of hydrogen-bond donors (Lipinski definition) is 14. The molecule has 3 aliphatic rings. The van der Waals surface area contributed by atoms with Crippen LogP contribution in [-0.2, 0) is 109 Å². The van der Waals surface area contributed by atoms with Crippen molar-refractivity contribution in [3.8, 4) is 5.75 Å². The van der Waals surface area contributed by atoms with Gasteiger partial charge in [0.2, 0.25) is 88.6 Å². The monoisotopic (exact) mass is 1820 g/mol. The molecule has 0 aliphatic carbocycles. The minimum absolute atomic E-state index is 0.0136. The van der Waals surface area contributed by atoms with Gasteiger partial charge in [0, 0.05) is 89.2 Å². The predicted molar refractivity (Wildman–Crippen MR) is 483 cm³/mol. The summed E-state index contributed by atoms with van der Waals surface area (Å²) in [7, 11) is 4.03. The number of aliphatic carboxylic acids is 1. The number of carboxylic acid groups (broad SMARTS) is 1. The Morgan fingerprint density at radius 2 is 1.02 bits per heavy atom. The first-order chi connectivity index (χ1) is 62.0. The second-order valence-corrected chi connectivity index (χ2v) is 35.2. The molecule has 0 saturated carbocycles. The van der Waals surface area contributed by atoms with E-state index in [0.29, 0.717) is 51.6 Å². The Balaban J connectivity index is 1.12. The lowest BCUT2D eigenvalue weighted by molar-refractivity contribution is -0.152. The summed E-state index contributed by atoms with van der Waals surface area (Å²) in [6, 6.07) is 15.7. The highest BCUT2D eigenvalue weighted by Crippen LogP contribution is 2.28. The van der Waals surface area contributed by atoms with E-state index >= 15 is 47.9 Å². The van der Waals surface area contributed by atoms with Gasteiger partial charge in [-0.25, -0.2) is 4.39 Å². The molecule has 5 aromatic carbocycles. The number of nitrogens with two attached hydrogens (primary N) is 2. The van der Waals surface area contributed by atoms with Crippen LogP contribution in [0.4, 0.5) is 4.39 Å². The van der Waals surface area contributed by atoms with Crippen LogP contribution in [0.1, 0.15) is 133 Å². The SMILES string of the molecule is CCCC[C@H]1C(=O)N2CCC[C@@H]2C(=O)N[C@@H](CC(=O)O)C(=O)N[C@@H](C(C)C)C(=O)N(C)[C@H](Cc2ccccc2)C(=O)N[C@@H](CCCN)C(=O)N2CCC[C@@H]2C(=O)N[C@@H](Cc2c[nH]c3ccccc23)C(=O)N[C@@H](Cc2ccc(O)cc2)C(=O)N[C@H](CC(C)C)C(=O)N[C@H](C(=O)NCC(N)=O)CSCC(=O)N[C@H](Cc2ccc(F)cc2)C(=O)N(C)[C@@H](Cc2ccccc2)C(=O)N1C. The molecule has 6 aromatic rings. The number of fused-ring (bicyclic) bond motifs is 3. The first kappa shape index (κ1) is 101. The maximum Gasteiger partial charge on any atom is 0.305 e. The van der Waals surface area contributed by atoms with Crippen molar-refractivity contribution in [1.29, 1.82) is 0 Å². The predicted octanol–water partition coefficient (Wildman–Crippen LogP) is 2.32. The van der Waals surface area contributed by atoms with Crippen molar-refractivity contribution < 1.29 is 91.3 Å². The van der Waals surface area contributed by atoms with E-state index in [9.17, 15) is 43.4 Å². The largest absolute Gasteiger partial charge is 0.508 e. The Hall–Kier alpha value is -12.8. The summed E-state index contributed by atoms with van der Waals surface area (Å²) in [5.74, 6) is -17.5. The van der Waals surface area contributed by atoms with E-state index in [4.69, 9.17) is 11.5 Å². The average Bonchev–Trinajstić information content (AvgIpc) is 1.08. The quantitative estimate of drug-likeness (QED) is 0.0413. The van der Waals surface area contributed by atoms with Gasteiger partial charge in [-0.1, -0.05) is 151 Å². The summed E-state index contributed by atoms with van der Waals surface area (Å²) in [4.78, 5) is 247. The van der Waals surface area contributed by atoms with E-state index in [-0.39, 0.29) is 115 Å². The highest BCUT2D eigenvalue weighted by molar-refractivity contribution is 8.00. The van der Waals surface area contributed by atoms with E-state index in [1.165, 1.54) is 72.2 Å². The number of aromatic hydroxyl groups is 1. The molecule has 37 heteroatoms. The second kappa shape index (κ2) is 48.6. The van der Waals surface area contributed by atoms with E-state index in [2.05, 4.69) is 52.8 Å². The van der Waals surface area contributed by atoms with Gasteiger partial charge >= 0.3 is 5.97 Å².